The first kappa shape index (κ1) is 13.3. The average molecular weight is 238 g/mol. The van der Waals surface area contributed by atoms with Crippen molar-refractivity contribution < 1.29 is 14.7 Å². The lowest BCUT2D eigenvalue weighted by Crippen LogP contribution is -2.31. The van der Waals surface area contributed by atoms with E-state index in [1.54, 1.807) is 0 Å². The number of carboxylic acids is 1. The molecule has 0 spiro atoms. The molecule has 1 amide bonds. The summed E-state index contributed by atoms with van der Waals surface area (Å²) < 4.78 is 2.08. The van der Waals surface area contributed by atoms with Gasteiger partial charge in [-0.05, 0) is 25.5 Å². The zero-order chi connectivity index (χ0) is 12.7. The molecule has 1 heterocycles. The van der Waals surface area contributed by atoms with Crippen molar-refractivity contribution in [2.75, 3.05) is 0 Å². The fraction of sp³-hybridized carbons (Fsp3) is 0.500. The maximum absolute atomic E-state index is 10.5. The van der Waals surface area contributed by atoms with Crippen molar-refractivity contribution in [2.45, 2.75) is 38.8 Å². The van der Waals surface area contributed by atoms with Gasteiger partial charge in [0.15, 0.2) is 0 Å². The van der Waals surface area contributed by atoms with E-state index in [4.69, 9.17) is 5.11 Å². The van der Waals surface area contributed by atoms with Crippen molar-refractivity contribution in [3.8, 4) is 0 Å². The van der Waals surface area contributed by atoms with Gasteiger partial charge in [0.2, 0.25) is 6.41 Å². The summed E-state index contributed by atoms with van der Waals surface area (Å²) in [5.41, 5.74) is 1.11. The molecule has 1 rings (SSSR count). The van der Waals surface area contributed by atoms with Crippen LogP contribution in [-0.4, -0.2) is 28.1 Å². The Hall–Kier alpha value is -1.78. The van der Waals surface area contributed by atoms with Crippen molar-refractivity contribution in [3.05, 3.63) is 24.0 Å². The van der Waals surface area contributed by atoms with E-state index >= 15 is 0 Å². The quantitative estimate of drug-likeness (QED) is 0.664. The second-order valence-corrected chi connectivity index (χ2v) is 3.90. The van der Waals surface area contributed by atoms with Crippen LogP contribution in [0.4, 0.5) is 0 Å². The van der Waals surface area contributed by atoms with Crippen LogP contribution in [-0.2, 0) is 22.6 Å². The lowest BCUT2D eigenvalue weighted by atomic mass is 10.1. The first-order valence-electron chi connectivity index (χ1n) is 5.72. The summed E-state index contributed by atoms with van der Waals surface area (Å²) in [6.45, 7) is 2.91. The number of carbonyl (C=O) groups excluding carboxylic acids is 1. The Bertz CT molecular complexity index is 374. The summed E-state index contributed by atoms with van der Waals surface area (Å²) >= 11 is 0. The van der Waals surface area contributed by atoms with Gasteiger partial charge in [-0.1, -0.05) is 0 Å². The van der Waals surface area contributed by atoms with Gasteiger partial charge < -0.3 is 15.0 Å². The van der Waals surface area contributed by atoms with E-state index in [0.29, 0.717) is 19.3 Å². The summed E-state index contributed by atoms with van der Waals surface area (Å²) in [4.78, 5) is 21.0. The van der Waals surface area contributed by atoms with Crippen molar-refractivity contribution in [3.63, 3.8) is 0 Å². The van der Waals surface area contributed by atoms with Crippen LogP contribution < -0.4 is 5.32 Å². The lowest BCUT2D eigenvalue weighted by Gasteiger charge is -2.16. The molecule has 0 aromatic carbocycles. The van der Waals surface area contributed by atoms with Gasteiger partial charge in [-0.25, -0.2) is 0 Å². The zero-order valence-electron chi connectivity index (χ0n) is 9.93. The van der Waals surface area contributed by atoms with E-state index in [-0.39, 0.29) is 12.5 Å². The third-order valence-corrected chi connectivity index (χ3v) is 2.73. The predicted molar refractivity (Wildman–Crippen MR) is 63.7 cm³/mol. The summed E-state index contributed by atoms with van der Waals surface area (Å²) in [6, 6.07) is 3.82. The summed E-state index contributed by atoms with van der Waals surface area (Å²) in [5, 5.41) is 11.3. The number of aromatic nitrogens is 1. The number of aliphatic carboxylic acids is 1. The monoisotopic (exact) mass is 238 g/mol. The molecule has 0 aliphatic rings. The van der Waals surface area contributed by atoms with E-state index < -0.39 is 5.97 Å². The number of carboxylic acid groups (broad SMARTS) is 1. The maximum atomic E-state index is 10.5. The van der Waals surface area contributed by atoms with Crippen LogP contribution in [0.5, 0.6) is 0 Å². The van der Waals surface area contributed by atoms with E-state index in [1.165, 1.54) is 0 Å². The Labute approximate surface area is 100 Å². The number of aryl methyl sites for hydroxylation is 1. The first-order valence-corrected chi connectivity index (χ1v) is 5.72. The second kappa shape index (κ2) is 6.73. The Morgan fingerprint density at radius 3 is 3.00 bits per heavy atom. The van der Waals surface area contributed by atoms with E-state index in [0.717, 1.165) is 12.2 Å². The topological polar surface area (TPSA) is 71.3 Å². The Morgan fingerprint density at radius 1 is 1.65 bits per heavy atom. The van der Waals surface area contributed by atoms with Gasteiger partial charge >= 0.3 is 5.97 Å². The minimum absolute atomic E-state index is 0.0678. The molecular weight excluding hydrogens is 220 g/mol. The fourth-order valence-electron chi connectivity index (χ4n) is 1.83. The molecule has 1 aromatic rings. The highest BCUT2D eigenvalue weighted by Crippen LogP contribution is 2.09. The molecule has 0 aliphatic heterocycles. The molecule has 0 bridgehead atoms. The second-order valence-electron chi connectivity index (χ2n) is 3.90. The van der Waals surface area contributed by atoms with Crippen LogP contribution in [0.2, 0.25) is 0 Å². The smallest absolute Gasteiger partial charge is 0.303 e. The molecular formula is C12H18N2O3. The average Bonchev–Trinajstić information content (AvgIpc) is 2.73. The largest absolute Gasteiger partial charge is 0.481 e. The minimum Gasteiger partial charge on any atom is -0.481 e. The molecule has 0 saturated heterocycles. The molecule has 1 aromatic heterocycles. The standard InChI is InChI=1S/C12H18N2O3/c1-2-14-7-3-4-11(14)8-10(13-9-15)5-6-12(16)17/h3-4,7,9-10H,2,5-6,8H2,1H3,(H,13,15)(H,16,17). The highest BCUT2D eigenvalue weighted by molar-refractivity contribution is 5.66. The first-order chi connectivity index (χ1) is 8.17. The Balaban J connectivity index is 2.59. The molecule has 5 heteroatoms. The number of rotatable bonds is 8. The van der Waals surface area contributed by atoms with E-state index in [9.17, 15) is 9.59 Å². The third-order valence-electron chi connectivity index (χ3n) is 2.73. The van der Waals surface area contributed by atoms with Crippen LogP contribution >= 0.6 is 0 Å². The fourth-order valence-corrected chi connectivity index (χ4v) is 1.83. The number of amides is 1. The number of nitrogens with zero attached hydrogens (tertiary/aromatic N) is 1. The van der Waals surface area contributed by atoms with Crippen molar-refractivity contribution in [1.29, 1.82) is 0 Å². The Morgan fingerprint density at radius 2 is 2.41 bits per heavy atom. The molecule has 1 atom stereocenters. The van der Waals surface area contributed by atoms with Gasteiger partial charge in [0.1, 0.15) is 0 Å². The van der Waals surface area contributed by atoms with Crippen LogP contribution in [0.25, 0.3) is 0 Å². The molecule has 0 saturated carbocycles. The molecule has 17 heavy (non-hydrogen) atoms. The van der Waals surface area contributed by atoms with Gasteiger partial charge in [0.25, 0.3) is 0 Å². The zero-order valence-corrected chi connectivity index (χ0v) is 9.93. The van der Waals surface area contributed by atoms with Crippen molar-refractivity contribution in [2.24, 2.45) is 0 Å². The number of hydrogen-bond donors (Lipinski definition) is 2. The van der Waals surface area contributed by atoms with Crippen molar-refractivity contribution >= 4 is 12.4 Å². The highest BCUT2D eigenvalue weighted by atomic mass is 16.4. The summed E-state index contributed by atoms with van der Waals surface area (Å²) in [7, 11) is 0. The van der Waals surface area contributed by atoms with Crippen LogP contribution in [0.3, 0.4) is 0 Å². The maximum Gasteiger partial charge on any atom is 0.303 e. The van der Waals surface area contributed by atoms with Gasteiger partial charge in [-0.2, -0.15) is 0 Å². The van der Waals surface area contributed by atoms with Gasteiger partial charge in [-0.15, -0.1) is 0 Å². The minimum atomic E-state index is -0.839. The summed E-state index contributed by atoms with van der Waals surface area (Å²) in [5.74, 6) is -0.839. The molecule has 1 unspecified atom stereocenters. The van der Waals surface area contributed by atoms with E-state index in [2.05, 4.69) is 9.88 Å². The predicted octanol–water partition coefficient (Wildman–Crippen LogP) is 1.03. The number of nitrogens with one attached hydrogen (secondary N) is 1. The molecule has 2 N–H and O–H groups in total. The van der Waals surface area contributed by atoms with Crippen LogP contribution in [0, 0.1) is 0 Å². The SMILES string of the molecule is CCn1cccc1CC(CCC(=O)O)NC=O. The summed E-state index contributed by atoms with van der Waals surface area (Å²) in [6.07, 6.45) is 3.78. The number of carbonyl (C=O) groups is 2. The highest BCUT2D eigenvalue weighted by Gasteiger charge is 2.12. The molecule has 5 nitrogen and oxygen atoms in total. The normalized spacial score (nSPS) is 12.1. The Kier molecular flexibility index (Phi) is 5.26. The third kappa shape index (κ3) is 4.30. The molecule has 0 aliphatic carbocycles. The van der Waals surface area contributed by atoms with Gasteiger partial charge in [-0.3, -0.25) is 9.59 Å². The van der Waals surface area contributed by atoms with Crippen molar-refractivity contribution in [1.82, 2.24) is 9.88 Å². The number of hydrogen-bond acceptors (Lipinski definition) is 2. The van der Waals surface area contributed by atoms with E-state index in [1.807, 2.05) is 25.3 Å². The van der Waals surface area contributed by atoms with Crippen LogP contribution in [0.15, 0.2) is 18.3 Å². The molecule has 94 valence electrons. The van der Waals surface area contributed by atoms with Gasteiger partial charge in [0, 0.05) is 37.3 Å². The molecule has 0 radical (unpaired) electrons. The molecule has 0 fully saturated rings. The van der Waals surface area contributed by atoms with Gasteiger partial charge in [0.05, 0.1) is 0 Å². The van der Waals surface area contributed by atoms with Crippen LogP contribution in [0.1, 0.15) is 25.5 Å². The lowest BCUT2D eigenvalue weighted by molar-refractivity contribution is -0.137.